The van der Waals surface area contributed by atoms with Gasteiger partial charge in [-0.1, -0.05) is 0 Å². The summed E-state index contributed by atoms with van der Waals surface area (Å²) in [6.45, 7) is 4.12. The molecule has 0 unspecified atom stereocenters. The van der Waals surface area contributed by atoms with Crippen molar-refractivity contribution >= 4 is 5.97 Å². The van der Waals surface area contributed by atoms with Crippen LogP contribution in [0.2, 0.25) is 0 Å². The van der Waals surface area contributed by atoms with Crippen LogP contribution in [0.3, 0.4) is 0 Å². The quantitative estimate of drug-likeness (QED) is 0.600. The molecule has 4 heteroatoms. The number of ether oxygens (including phenoxy) is 1. The first-order valence-corrected chi connectivity index (χ1v) is 4.74. The number of aliphatic hydroxyl groups is 1. The highest BCUT2D eigenvalue weighted by Gasteiger charge is 2.29. The molecule has 1 rings (SSSR count). The Kier molecular flexibility index (Phi) is 3.69. The summed E-state index contributed by atoms with van der Waals surface area (Å²) in [6.07, 6.45) is 0.782. The number of rotatable bonds is 2. The van der Waals surface area contributed by atoms with Gasteiger partial charge in [-0.3, -0.25) is 4.79 Å². The Morgan fingerprint density at radius 2 is 2.31 bits per heavy atom. The number of nitrogens with one attached hydrogen (secondary N) is 1. The Bertz CT molecular complexity index is 174. The Morgan fingerprint density at radius 3 is 2.85 bits per heavy atom. The molecule has 0 spiro atoms. The van der Waals surface area contributed by atoms with Gasteiger partial charge in [-0.2, -0.15) is 0 Å². The van der Waals surface area contributed by atoms with Gasteiger partial charge < -0.3 is 15.2 Å². The summed E-state index contributed by atoms with van der Waals surface area (Å²) in [7, 11) is 0. The average Bonchev–Trinajstić information content (AvgIpc) is 2.03. The molecule has 0 aromatic heterocycles. The number of hydrogen-bond acceptors (Lipinski definition) is 4. The molecule has 0 aliphatic carbocycles. The van der Waals surface area contributed by atoms with E-state index in [4.69, 9.17) is 4.74 Å². The van der Waals surface area contributed by atoms with Crippen molar-refractivity contribution in [3.63, 3.8) is 0 Å². The third-order valence-electron chi connectivity index (χ3n) is 2.19. The number of aliphatic hydroxyl groups excluding tert-OH is 1. The van der Waals surface area contributed by atoms with Crippen LogP contribution in [0.5, 0.6) is 0 Å². The summed E-state index contributed by atoms with van der Waals surface area (Å²) < 4.78 is 4.87. The maximum absolute atomic E-state index is 11.3. The molecule has 1 heterocycles. The van der Waals surface area contributed by atoms with E-state index < -0.39 is 0 Å². The molecule has 1 aliphatic heterocycles. The van der Waals surface area contributed by atoms with E-state index >= 15 is 0 Å². The van der Waals surface area contributed by atoms with Crippen LogP contribution in [0.4, 0.5) is 0 Å². The predicted octanol–water partition coefficient (Wildman–Crippen LogP) is 0.0509. The summed E-state index contributed by atoms with van der Waals surface area (Å²) in [4.78, 5) is 11.3. The van der Waals surface area contributed by atoms with E-state index in [1.807, 2.05) is 6.92 Å². The van der Waals surface area contributed by atoms with Crippen LogP contribution < -0.4 is 5.32 Å². The average molecular weight is 187 g/mol. The molecule has 0 amide bonds. The van der Waals surface area contributed by atoms with Crippen LogP contribution in [0.15, 0.2) is 0 Å². The van der Waals surface area contributed by atoms with E-state index in [-0.39, 0.29) is 24.2 Å². The van der Waals surface area contributed by atoms with Gasteiger partial charge >= 0.3 is 5.97 Å². The van der Waals surface area contributed by atoms with Gasteiger partial charge in [0.1, 0.15) is 6.04 Å². The second kappa shape index (κ2) is 4.58. The zero-order valence-corrected chi connectivity index (χ0v) is 8.12. The van der Waals surface area contributed by atoms with E-state index in [0.29, 0.717) is 19.4 Å². The standard InChI is InChI=1S/C9H17NO3/c1-3-13-9(12)8-5-7(11)4-6(2)10-8/h6-8,10-11H,3-5H2,1-2H3/t6-,7+,8-/m1/s1. The van der Waals surface area contributed by atoms with Gasteiger partial charge in [-0.15, -0.1) is 0 Å². The van der Waals surface area contributed by atoms with Gasteiger partial charge in [0, 0.05) is 6.04 Å². The number of esters is 1. The van der Waals surface area contributed by atoms with Crippen molar-refractivity contribution in [2.24, 2.45) is 0 Å². The predicted molar refractivity (Wildman–Crippen MR) is 48.3 cm³/mol. The Hall–Kier alpha value is -0.610. The molecule has 0 aromatic carbocycles. The second-order valence-corrected chi connectivity index (χ2v) is 3.50. The first kappa shape index (κ1) is 10.5. The fraction of sp³-hybridized carbons (Fsp3) is 0.889. The topological polar surface area (TPSA) is 58.6 Å². The van der Waals surface area contributed by atoms with E-state index in [1.54, 1.807) is 6.92 Å². The molecule has 0 radical (unpaired) electrons. The molecule has 13 heavy (non-hydrogen) atoms. The molecule has 2 N–H and O–H groups in total. The van der Waals surface area contributed by atoms with Gasteiger partial charge in [-0.25, -0.2) is 0 Å². The maximum Gasteiger partial charge on any atom is 0.323 e. The lowest BCUT2D eigenvalue weighted by molar-refractivity contribution is -0.147. The summed E-state index contributed by atoms with van der Waals surface area (Å²) in [5, 5.41) is 12.5. The summed E-state index contributed by atoms with van der Waals surface area (Å²) in [5.74, 6) is -0.256. The molecular weight excluding hydrogens is 170 g/mol. The van der Waals surface area contributed by atoms with Crippen LogP contribution in [-0.4, -0.2) is 35.9 Å². The summed E-state index contributed by atoms with van der Waals surface area (Å²) in [5.41, 5.74) is 0. The van der Waals surface area contributed by atoms with Crippen molar-refractivity contribution in [3.05, 3.63) is 0 Å². The third kappa shape index (κ3) is 2.97. The van der Waals surface area contributed by atoms with Crippen molar-refractivity contribution in [2.75, 3.05) is 6.61 Å². The van der Waals surface area contributed by atoms with Gasteiger partial charge in [0.05, 0.1) is 12.7 Å². The molecule has 76 valence electrons. The normalized spacial score (nSPS) is 34.2. The minimum atomic E-state index is -0.384. The van der Waals surface area contributed by atoms with Crippen LogP contribution in [0.1, 0.15) is 26.7 Å². The monoisotopic (exact) mass is 187 g/mol. The van der Waals surface area contributed by atoms with Crippen molar-refractivity contribution in [1.29, 1.82) is 0 Å². The fourth-order valence-corrected chi connectivity index (χ4v) is 1.66. The molecule has 1 saturated heterocycles. The minimum absolute atomic E-state index is 0.179. The maximum atomic E-state index is 11.3. The zero-order valence-electron chi connectivity index (χ0n) is 8.12. The van der Waals surface area contributed by atoms with E-state index in [9.17, 15) is 9.90 Å². The lowest BCUT2D eigenvalue weighted by atomic mass is 9.97. The van der Waals surface area contributed by atoms with E-state index in [1.165, 1.54) is 0 Å². The van der Waals surface area contributed by atoms with Crippen LogP contribution in [0, 0.1) is 0 Å². The zero-order chi connectivity index (χ0) is 9.84. The smallest absolute Gasteiger partial charge is 0.323 e. The fourth-order valence-electron chi connectivity index (χ4n) is 1.66. The molecule has 0 bridgehead atoms. The highest BCUT2D eigenvalue weighted by molar-refractivity contribution is 5.76. The summed E-state index contributed by atoms with van der Waals surface area (Å²) in [6, 6.07) is -0.156. The highest BCUT2D eigenvalue weighted by atomic mass is 16.5. The van der Waals surface area contributed by atoms with Crippen molar-refractivity contribution in [1.82, 2.24) is 5.32 Å². The van der Waals surface area contributed by atoms with Crippen LogP contribution in [-0.2, 0) is 9.53 Å². The van der Waals surface area contributed by atoms with Crippen LogP contribution >= 0.6 is 0 Å². The third-order valence-corrected chi connectivity index (χ3v) is 2.19. The number of hydrogen-bond donors (Lipinski definition) is 2. The second-order valence-electron chi connectivity index (χ2n) is 3.50. The molecule has 4 nitrogen and oxygen atoms in total. The Labute approximate surface area is 78.3 Å². The first-order chi connectivity index (χ1) is 6.13. The number of carbonyl (C=O) groups is 1. The Morgan fingerprint density at radius 1 is 1.62 bits per heavy atom. The van der Waals surface area contributed by atoms with Crippen molar-refractivity contribution < 1.29 is 14.6 Å². The van der Waals surface area contributed by atoms with Crippen LogP contribution in [0.25, 0.3) is 0 Å². The van der Waals surface area contributed by atoms with E-state index in [0.717, 1.165) is 0 Å². The molecule has 1 aliphatic rings. The lowest BCUT2D eigenvalue weighted by Gasteiger charge is -2.30. The number of carbonyl (C=O) groups excluding carboxylic acids is 1. The highest BCUT2D eigenvalue weighted by Crippen LogP contribution is 2.14. The largest absolute Gasteiger partial charge is 0.465 e. The van der Waals surface area contributed by atoms with Gasteiger partial charge in [0.25, 0.3) is 0 Å². The van der Waals surface area contributed by atoms with Crippen molar-refractivity contribution in [2.45, 2.75) is 44.9 Å². The molecule has 1 fully saturated rings. The molecular formula is C9H17NO3. The molecule has 3 atom stereocenters. The Balaban J connectivity index is 2.45. The minimum Gasteiger partial charge on any atom is -0.465 e. The van der Waals surface area contributed by atoms with Crippen molar-refractivity contribution in [3.8, 4) is 0 Å². The summed E-state index contributed by atoms with van der Waals surface area (Å²) >= 11 is 0. The van der Waals surface area contributed by atoms with Gasteiger partial charge in [0.2, 0.25) is 0 Å². The van der Waals surface area contributed by atoms with Gasteiger partial charge in [-0.05, 0) is 26.7 Å². The van der Waals surface area contributed by atoms with Gasteiger partial charge in [0.15, 0.2) is 0 Å². The molecule has 0 aromatic rings. The SMILES string of the molecule is CCOC(=O)[C@H]1C[C@@H](O)C[C@@H](C)N1. The first-order valence-electron chi connectivity index (χ1n) is 4.74. The van der Waals surface area contributed by atoms with E-state index in [2.05, 4.69) is 5.32 Å². The lowest BCUT2D eigenvalue weighted by Crippen LogP contribution is -2.50. The number of piperidine rings is 1. The molecule has 0 saturated carbocycles.